The van der Waals surface area contributed by atoms with E-state index in [1.54, 1.807) is 7.11 Å². The van der Waals surface area contributed by atoms with Crippen LogP contribution < -0.4 is 10.1 Å². The summed E-state index contributed by atoms with van der Waals surface area (Å²) in [6, 6.07) is 24.2. The van der Waals surface area contributed by atoms with Gasteiger partial charge in [0.25, 0.3) is 0 Å². The highest BCUT2D eigenvalue weighted by Gasteiger charge is 2.38. The first-order chi connectivity index (χ1) is 15.1. The van der Waals surface area contributed by atoms with Gasteiger partial charge in [-0.3, -0.25) is 9.69 Å². The highest BCUT2D eigenvalue weighted by Crippen LogP contribution is 2.46. The van der Waals surface area contributed by atoms with Gasteiger partial charge in [-0.25, -0.2) is 0 Å². The molecule has 160 valence electrons. The normalized spacial score (nSPS) is 18.0. The van der Waals surface area contributed by atoms with E-state index in [4.69, 9.17) is 9.47 Å². The van der Waals surface area contributed by atoms with E-state index < -0.39 is 0 Å². The molecule has 1 aliphatic rings. The van der Waals surface area contributed by atoms with Gasteiger partial charge in [-0.1, -0.05) is 64.5 Å². The maximum atomic E-state index is 12.7. The highest BCUT2D eigenvalue weighted by molar-refractivity contribution is 9.10. The third kappa shape index (κ3) is 4.45. The summed E-state index contributed by atoms with van der Waals surface area (Å²) in [6.07, 6.45) is -0.278. The van der Waals surface area contributed by atoms with Crippen LogP contribution in [-0.2, 0) is 9.53 Å². The Morgan fingerprint density at radius 3 is 2.52 bits per heavy atom. The first kappa shape index (κ1) is 21.4. The summed E-state index contributed by atoms with van der Waals surface area (Å²) >= 11 is 3.61. The zero-order valence-corrected chi connectivity index (χ0v) is 19.1. The minimum atomic E-state index is -0.278. The van der Waals surface area contributed by atoms with E-state index in [0.29, 0.717) is 6.61 Å². The lowest BCUT2D eigenvalue weighted by molar-refractivity contribution is -0.145. The Morgan fingerprint density at radius 1 is 1.03 bits per heavy atom. The minimum Gasteiger partial charge on any atom is -0.496 e. The molecule has 6 heteroatoms. The lowest BCUT2D eigenvalue weighted by atomic mass is 9.91. The number of carbonyl (C=O) groups excluding carboxylic acids is 1. The van der Waals surface area contributed by atoms with Gasteiger partial charge >= 0.3 is 5.97 Å². The molecule has 0 aromatic heterocycles. The van der Waals surface area contributed by atoms with Gasteiger partial charge in [-0.05, 0) is 42.3 Å². The average Bonchev–Trinajstić information content (AvgIpc) is 2.79. The fourth-order valence-electron chi connectivity index (χ4n) is 4.14. The number of para-hydroxylation sites is 1. The summed E-state index contributed by atoms with van der Waals surface area (Å²) in [6.45, 7) is 2.30. The third-order valence-corrected chi connectivity index (χ3v) is 5.92. The molecule has 0 amide bonds. The summed E-state index contributed by atoms with van der Waals surface area (Å²) in [7, 11) is 1.66. The summed E-state index contributed by atoms with van der Waals surface area (Å²) in [4.78, 5) is 14.8. The van der Waals surface area contributed by atoms with Crippen LogP contribution >= 0.6 is 15.9 Å². The average molecular weight is 481 g/mol. The first-order valence-corrected chi connectivity index (χ1v) is 11.1. The molecule has 0 spiro atoms. The SMILES string of the molecule is CCOC(=O)CN1[C@@H](c2ccccc2)c2cc(Br)ccc2N[C@@H]1c1ccccc1OC. The summed E-state index contributed by atoms with van der Waals surface area (Å²) in [5, 5.41) is 3.63. The molecule has 0 fully saturated rings. The third-order valence-electron chi connectivity index (χ3n) is 5.43. The van der Waals surface area contributed by atoms with Gasteiger partial charge in [0.05, 0.1) is 26.3 Å². The number of nitrogens with one attached hydrogen (secondary N) is 1. The van der Waals surface area contributed by atoms with Gasteiger partial charge in [-0.2, -0.15) is 0 Å². The van der Waals surface area contributed by atoms with Crippen molar-refractivity contribution in [2.75, 3.05) is 25.6 Å². The van der Waals surface area contributed by atoms with E-state index in [-0.39, 0.29) is 24.7 Å². The van der Waals surface area contributed by atoms with E-state index in [1.165, 1.54) is 0 Å². The quantitative estimate of drug-likeness (QED) is 0.469. The van der Waals surface area contributed by atoms with Crippen molar-refractivity contribution in [2.24, 2.45) is 0 Å². The molecule has 1 heterocycles. The molecule has 1 aliphatic heterocycles. The van der Waals surface area contributed by atoms with Gasteiger partial charge in [0.1, 0.15) is 11.9 Å². The van der Waals surface area contributed by atoms with E-state index in [1.807, 2.05) is 55.5 Å². The molecule has 0 saturated carbocycles. The number of methoxy groups -OCH3 is 1. The standard InChI is InChI=1S/C25H25BrN2O3/c1-3-31-23(29)16-28-24(17-9-5-4-6-10-17)20-15-18(26)13-14-21(20)27-25(28)19-11-7-8-12-22(19)30-2/h4-15,24-25,27H,3,16H2,1-2H3/t24-,25-/m0/s1. The molecule has 0 bridgehead atoms. The van der Waals surface area contributed by atoms with Crippen LogP contribution in [-0.4, -0.2) is 31.1 Å². The van der Waals surface area contributed by atoms with Crippen LogP contribution in [0.5, 0.6) is 5.75 Å². The van der Waals surface area contributed by atoms with Gasteiger partial charge < -0.3 is 14.8 Å². The van der Waals surface area contributed by atoms with Crippen molar-refractivity contribution in [2.45, 2.75) is 19.1 Å². The molecule has 31 heavy (non-hydrogen) atoms. The molecule has 3 aromatic rings. The Labute approximate surface area is 191 Å². The number of hydrogen-bond acceptors (Lipinski definition) is 5. The van der Waals surface area contributed by atoms with E-state index >= 15 is 0 Å². The van der Waals surface area contributed by atoms with Crippen molar-refractivity contribution in [3.8, 4) is 5.75 Å². The van der Waals surface area contributed by atoms with Gasteiger partial charge in [0, 0.05) is 15.7 Å². The number of anilines is 1. The predicted molar refractivity (Wildman–Crippen MR) is 125 cm³/mol. The predicted octanol–water partition coefficient (Wildman–Crippen LogP) is 5.54. The number of rotatable bonds is 6. The van der Waals surface area contributed by atoms with Gasteiger partial charge in [-0.15, -0.1) is 0 Å². The molecular weight excluding hydrogens is 456 g/mol. The second kappa shape index (κ2) is 9.54. The molecule has 0 aliphatic carbocycles. The van der Waals surface area contributed by atoms with Gasteiger partial charge in [0.15, 0.2) is 0 Å². The van der Waals surface area contributed by atoms with Crippen molar-refractivity contribution >= 4 is 27.6 Å². The van der Waals surface area contributed by atoms with Crippen LogP contribution in [0.15, 0.2) is 77.3 Å². The Hall–Kier alpha value is -2.83. The van der Waals surface area contributed by atoms with Crippen LogP contribution in [0.3, 0.4) is 0 Å². The second-order valence-corrected chi connectivity index (χ2v) is 8.23. The monoisotopic (exact) mass is 480 g/mol. The molecule has 4 rings (SSSR count). The molecular formula is C25H25BrN2O3. The Bertz CT molecular complexity index is 1060. The van der Waals surface area contributed by atoms with Crippen molar-refractivity contribution in [1.29, 1.82) is 0 Å². The number of carbonyl (C=O) groups is 1. The molecule has 0 saturated heterocycles. The fourth-order valence-corrected chi connectivity index (χ4v) is 4.52. The zero-order valence-electron chi connectivity index (χ0n) is 17.5. The second-order valence-electron chi connectivity index (χ2n) is 7.31. The topological polar surface area (TPSA) is 50.8 Å². The van der Waals surface area contributed by atoms with Crippen molar-refractivity contribution in [1.82, 2.24) is 4.90 Å². The number of ether oxygens (including phenoxy) is 2. The minimum absolute atomic E-state index is 0.134. The fraction of sp³-hybridized carbons (Fsp3) is 0.240. The van der Waals surface area contributed by atoms with Crippen molar-refractivity contribution in [3.05, 3.63) is 94.0 Å². The number of halogens is 1. The van der Waals surface area contributed by atoms with Crippen molar-refractivity contribution < 1.29 is 14.3 Å². The van der Waals surface area contributed by atoms with Crippen LogP contribution in [0.25, 0.3) is 0 Å². The van der Waals surface area contributed by atoms with Gasteiger partial charge in [0.2, 0.25) is 0 Å². The smallest absolute Gasteiger partial charge is 0.320 e. The van der Waals surface area contributed by atoms with Crippen LogP contribution in [0.4, 0.5) is 5.69 Å². The van der Waals surface area contributed by atoms with Crippen LogP contribution in [0, 0.1) is 0 Å². The number of nitrogens with zero attached hydrogens (tertiary/aromatic N) is 1. The lowest BCUT2D eigenvalue weighted by Crippen LogP contribution is -2.44. The van der Waals surface area contributed by atoms with Crippen molar-refractivity contribution in [3.63, 3.8) is 0 Å². The maximum Gasteiger partial charge on any atom is 0.320 e. The highest BCUT2D eigenvalue weighted by atomic mass is 79.9. The van der Waals surface area contributed by atoms with E-state index in [0.717, 1.165) is 32.6 Å². The maximum absolute atomic E-state index is 12.7. The Balaban J connectivity index is 1.90. The van der Waals surface area contributed by atoms with Crippen LogP contribution in [0.2, 0.25) is 0 Å². The molecule has 0 radical (unpaired) electrons. The summed E-state index contributed by atoms with van der Waals surface area (Å²) in [5.41, 5.74) is 4.18. The largest absolute Gasteiger partial charge is 0.496 e. The number of fused-ring (bicyclic) bond motifs is 1. The zero-order chi connectivity index (χ0) is 21.8. The number of hydrogen-bond donors (Lipinski definition) is 1. The Kier molecular flexibility index (Phi) is 6.59. The molecule has 0 unspecified atom stereocenters. The molecule has 5 nitrogen and oxygen atoms in total. The lowest BCUT2D eigenvalue weighted by Gasteiger charge is -2.44. The van der Waals surface area contributed by atoms with E-state index in [9.17, 15) is 4.79 Å². The van der Waals surface area contributed by atoms with E-state index in [2.05, 4.69) is 50.4 Å². The Morgan fingerprint density at radius 2 is 1.77 bits per heavy atom. The molecule has 2 atom stereocenters. The number of benzene rings is 3. The summed E-state index contributed by atoms with van der Waals surface area (Å²) < 4.78 is 12.0. The number of esters is 1. The van der Waals surface area contributed by atoms with Crippen LogP contribution in [0.1, 0.15) is 35.8 Å². The first-order valence-electron chi connectivity index (χ1n) is 10.3. The summed E-state index contributed by atoms with van der Waals surface area (Å²) in [5.74, 6) is 0.504. The molecule has 3 aromatic carbocycles. The molecule has 1 N–H and O–H groups in total.